The van der Waals surface area contributed by atoms with Gasteiger partial charge in [0.2, 0.25) is 5.88 Å². The average Bonchev–Trinajstić information content (AvgIpc) is 3.53. The van der Waals surface area contributed by atoms with Gasteiger partial charge in [-0.1, -0.05) is 6.92 Å². The molecule has 1 saturated heterocycles. The summed E-state index contributed by atoms with van der Waals surface area (Å²) >= 11 is 0. The third-order valence-corrected chi connectivity index (χ3v) is 7.37. The summed E-state index contributed by atoms with van der Waals surface area (Å²) in [5, 5.41) is 0.842. The van der Waals surface area contributed by atoms with Gasteiger partial charge in [-0.25, -0.2) is 4.98 Å². The number of carbonyl (C=O) groups is 1. The van der Waals surface area contributed by atoms with E-state index in [2.05, 4.69) is 21.2 Å². The van der Waals surface area contributed by atoms with Gasteiger partial charge in [-0.2, -0.15) is 13.8 Å². The Morgan fingerprint density at radius 3 is 2.72 bits per heavy atom. The smallest absolute Gasteiger partial charge is 0.388 e. The summed E-state index contributed by atoms with van der Waals surface area (Å²) in [4.78, 5) is 24.4. The van der Waals surface area contributed by atoms with Gasteiger partial charge in [-0.05, 0) is 67.9 Å². The van der Waals surface area contributed by atoms with Crippen LogP contribution in [0.5, 0.6) is 5.88 Å². The lowest BCUT2D eigenvalue weighted by molar-refractivity contribution is -0.0526. The molecule has 2 fully saturated rings. The molecule has 7 nitrogen and oxygen atoms in total. The van der Waals surface area contributed by atoms with Gasteiger partial charge < -0.3 is 18.8 Å². The molecule has 188 valence electrons. The monoisotopic (exact) mass is 493 g/mol. The topological polar surface area (TPSA) is 65.2 Å². The van der Waals surface area contributed by atoms with Crippen molar-refractivity contribution in [2.75, 3.05) is 13.1 Å². The lowest BCUT2D eigenvalue weighted by Gasteiger charge is -2.31. The first-order chi connectivity index (χ1) is 17.4. The summed E-state index contributed by atoms with van der Waals surface area (Å²) in [6.07, 6.45) is 4.46. The Balaban J connectivity index is 1.41. The van der Waals surface area contributed by atoms with Crippen molar-refractivity contribution in [3.8, 4) is 17.4 Å². The van der Waals surface area contributed by atoms with Gasteiger partial charge in [-0.3, -0.25) is 4.79 Å². The number of likely N-dealkylation sites (tertiary alicyclic amines) is 1. The zero-order valence-corrected chi connectivity index (χ0v) is 20.5. The van der Waals surface area contributed by atoms with Crippen LogP contribution in [0.2, 0.25) is 0 Å². The number of hydrogen-bond acceptors (Lipinski definition) is 4. The zero-order chi connectivity index (χ0) is 25.0. The number of nitrogens with zero attached hydrogens (tertiary/aromatic N) is 5. The normalized spacial score (nSPS) is 18.5. The van der Waals surface area contributed by atoms with Gasteiger partial charge in [0.05, 0.1) is 16.7 Å². The molecule has 1 amide bonds. The van der Waals surface area contributed by atoms with Crippen LogP contribution in [0, 0.1) is 11.8 Å². The Morgan fingerprint density at radius 2 is 1.97 bits per heavy atom. The van der Waals surface area contributed by atoms with Crippen LogP contribution in [-0.4, -0.2) is 49.6 Å². The van der Waals surface area contributed by atoms with E-state index < -0.39 is 6.61 Å². The maximum Gasteiger partial charge on any atom is 0.388 e. The molecule has 4 heterocycles. The molecule has 3 aromatic heterocycles. The van der Waals surface area contributed by atoms with E-state index in [1.807, 2.05) is 40.8 Å². The molecule has 1 atom stereocenters. The number of imidazole rings is 1. The number of fused-ring (bicyclic) bond motifs is 2. The lowest BCUT2D eigenvalue weighted by atomic mass is 9.99. The van der Waals surface area contributed by atoms with E-state index >= 15 is 0 Å². The first-order valence-corrected chi connectivity index (χ1v) is 12.6. The third-order valence-electron chi connectivity index (χ3n) is 7.37. The van der Waals surface area contributed by atoms with Crippen LogP contribution >= 0.6 is 0 Å². The molecule has 0 spiro atoms. The zero-order valence-electron chi connectivity index (χ0n) is 20.5. The van der Waals surface area contributed by atoms with Crippen LogP contribution in [0.3, 0.4) is 0 Å². The van der Waals surface area contributed by atoms with Crippen molar-refractivity contribution in [2.45, 2.75) is 45.8 Å². The number of carbonyl (C=O) groups excluding carboxylic acids is 1. The number of aromatic nitrogens is 4. The quantitative estimate of drug-likeness (QED) is 0.357. The predicted molar refractivity (Wildman–Crippen MR) is 133 cm³/mol. The summed E-state index contributed by atoms with van der Waals surface area (Å²) in [7, 11) is 1.95. The van der Waals surface area contributed by atoms with Crippen molar-refractivity contribution < 1.29 is 18.3 Å². The predicted octanol–water partition coefficient (Wildman–Crippen LogP) is 5.47. The minimum Gasteiger partial charge on any atom is -0.417 e. The van der Waals surface area contributed by atoms with Gasteiger partial charge in [0.1, 0.15) is 5.65 Å². The lowest BCUT2D eigenvalue weighted by Crippen LogP contribution is -2.39. The summed E-state index contributed by atoms with van der Waals surface area (Å²) in [5.74, 6) is 1.75. The highest BCUT2D eigenvalue weighted by Gasteiger charge is 2.27. The number of aryl methyl sites for hydroxylation is 1. The number of ether oxygens (including phenoxy) is 1. The maximum atomic E-state index is 13.2. The highest BCUT2D eigenvalue weighted by atomic mass is 19.3. The number of alkyl halides is 2. The highest BCUT2D eigenvalue weighted by molar-refractivity contribution is 5.98. The number of piperidine rings is 1. The number of amides is 1. The van der Waals surface area contributed by atoms with Crippen molar-refractivity contribution >= 4 is 28.0 Å². The van der Waals surface area contributed by atoms with Crippen LogP contribution in [0.15, 0.2) is 36.4 Å². The Labute approximate surface area is 207 Å². The second-order valence-corrected chi connectivity index (χ2v) is 10.2. The molecule has 36 heavy (non-hydrogen) atoms. The summed E-state index contributed by atoms with van der Waals surface area (Å²) in [6.45, 7) is 1.58. The van der Waals surface area contributed by atoms with Crippen molar-refractivity contribution in [3.63, 3.8) is 0 Å². The van der Waals surface area contributed by atoms with E-state index in [1.165, 1.54) is 6.07 Å². The second kappa shape index (κ2) is 8.87. The third kappa shape index (κ3) is 4.20. The minimum absolute atomic E-state index is 0.0502. The van der Waals surface area contributed by atoms with E-state index in [1.54, 1.807) is 6.07 Å². The Kier molecular flexibility index (Phi) is 5.65. The van der Waals surface area contributed by atoms with Gasteiger partial charge in [-0.15, -0.1) is 0 Å². The largest absolute Gasteiger partial charge is 0.417 e. The van der Waals surface area contributed by atoms with E-state index in [-0.39, 0.29) is 11.8 Å². The van der Waals surface area contributed by atoms with Crippen LogP contribution in [-0.2, 0) is 13.6 Å². The van der Waals surface area contributed by atoms with Crippen molar-refractivity contribution in [1.29, 1.82) is 0 Å². The standard InChI is InChI=1S/C27H29F2N5O2/c1-16-4-3-11-33(14-16)26(35)19-7-9-21-20(12-19)30-25(32(21)2)22-13-18-8-10-23(36-27(28)29)31-24(18)34(22)15-17-5-6-17/h7-10,12-13,16-17,27H,3-6,11,14-15H2,1-2H3/t16-/m1/s1. The van der Waals surface area contributed by atoms with Gasteiger partial charge in [0.25, 0.3) is 5.91 Å². The average molecular weight is 494 g/mol. The summed E-state index contributed by atoms with van der Waals surface area (Å²) in [5.41, 5.74) is 3.80. The number of pyridine rings is 1. The number of benzene rings is 1. The molecule has 0 unspecified atom stereocenters. The SMILES string of the molecule is C[C@@H]1CCCN(C(=O)c2ccc3c(c2)nc(-c2cc4ccc(OC(F)F)nc4n2CC2CC2)n3C)C1. The van der Waals surface area contributed by atoms with Crippen LogP contribution < -0.4 is 4.74 Å². The molecule has 6 rings (SSSR count). The molecule has 9 heteroatoms. The van der Waals surface area contributed by atoms with E-state index in [0.29, 0.717) is 23.0 Å². The van der Waals surface area contributed by atoms with E-state index in [4.69, 9.17) is 4.98 Å². The Morgan fingerprint density at radius 1 is 1.14 bits per heavy atom. The second-order valence-electron chi connectivity index (χ2n) is 10.2. The Hall–Kier alpha value is -3.49. The molecular weight excluding hydrogens is 464 g/mol. The Bertz CT molecular complexity index is 1460. The summed E-state index contributed by atoms with van der Waals surface area (Å²) < 4.78 is 34.2. The highest BCUT2D eigenvalue weighted by Crippen LogP contribution is 2.36. The molecular formula is C27H29F2N5O2. The van der Waals surface area contributed by atoms with Gasteiger partial charge >= 0.3 is 6.61 Å². The molecule has 4 aromatic rings. The van der Waals surface area contributed by atoms with Crippen LogP contribution in [0.4, 0.5) is 8.78 Å². The molecule has 1 saturated carbocycles. The van der Waals surface area contributed by atoms with Crippen molar-refractivity contribution in [3.05, 3.63) is 42.0 Å². The number of hydrogen-bond donors (Lipinski definition) is 0. The molecule has 1 aromatic carbocycles. The van der Waals surface area contributed by atoms with Crippen molar-refractivity contribution in [1.82, 2.24) is 24.0 Å². The molecule has 1 aliphatic heterocycles. The van der Waals surface area contributed by atoms with Gasteiger partial charge in [0.15, 0.2) is 5.82 Å². The van der Waals surface area contributed by atoms with E-state index in [9.17, 15) is 13.6 Å². The number of halogens is 2. The molecule has 0 N–H and O–H groups in total. The molecule has 0 radical (unpaired) electrons. The van der Waals surface area contributed by atoms with Crippen LogP contribution in [0.25, 0.3) is 33.6 Å². The fraction of sp³-hybridized carbons (Fsp3) is 0.444. The number of rotatable bonds is 6. The first kappa shape index (κ1) is 22.9. The van der Waals surface area contributed by atoms with Crippen molar-refractivity contribution in [2.24, 2.45) is 18.9 Å². The first-order valence-electron chi connectivity index (χ1n) is 12.6. The van der Waals surface area contributed by atoms with Gasteiger partial charge in [0, 0.05) is 43.7 Å². The molecule has 0 bridgehead atoms. The van der Waals surface area contributed by atoms with Crippen LogP contribution in [0.1, 0.15) is 43.0 Å². The molecule has 1 aliphatic carbocycles. The maximum absolute atomic E-state index is 13.2. The molecule has 2 aliphatic rings. The minimum atomic E-state index is -2.92. The summed E-state index contributed by atoms with van der Waals surface area (Å²) in [6, 6.07) is 10.9. The fourth-order valence-corrected chi connectivity index (χ4v) is 5.31. The van der Waals surface area contributed by atoms with E-state index in [0.717, 1.165) is 73.3 Å². The fourth-order valence-electron chi connectivity index (χ4n) is 5.31.